The highest BCUT2D eigenvalue weighted by molar-refractivity contribution is 5.37. The molecular formula is C16H17F2NO. The minimum Gasteiger partial charge on any atom is -0.491 e. The van der Waals surface area contributed by atoms with Crippen molar-refractivity contribution in [2.45, 2.75) is 26.0 Å². The highest BCUT2D eigenvalue weighted by Gasteiger charge is 2.15. The lowest BCUT2D eigenvalue weighted by atomic mass is 9.99. The van der Waals surface area contributed by atoms with E-state index in [-0.39, 0.29) is 11.7 Å². The Bertz CT molecular complexity index is 599. The predicted octanol–water partition coefficient (Wildman–Crippen LogP) is 3.80. The summed E-state index contributed by atoms with van der Waals surface area (Å²) in [6, 6.07) is 9.64. The molecule has 2 rings (SSSR count). The van der Waals surface area contributed by atoms with Gasteiger partial charge in [-0.1, -0.05) is 12.1 Å². The van der Waals surface area contributed by atoms with E-state index in [2.05, 4.69) is 0 Å². The number of rotatable bonds is 4. The first-order valence-corrected chi connectivity index (χ1v) is 6.44. The van der Waals surface area contributed by atoms with E-state index < -0.39 is 17.7 Å². The maximum atomic E-state index is 13.7. The van der Waals surface area contributed by atoms with E-state index in [0.717, 1.165) is 18.2 Å². The van der Waals surface area contributed by atoms with Crippen molar-refractivity contribution in [3.05, 3.63) is 65.2 Å². The number of hydrogen-bond acceptors (Lipinski definition) is 2. The Morgan fingerprint density at radius 2 is 1.80 bits per heavy atom. The zero-order valence-electron chi connectivity index (χ0n) is 11.4. The summed E-state index contributed by atoms with van der Waals surface area (Å²) in [7, 11) is 0. The lowest BCUT2D eigenvalue weighted by Crippen LogP contribution is -2.14. The van der Waals surface area contributed by atoms with Crippen LogP contribution in [0.15, 0.2) is 42.5 Å². The molecule has 0 amide bonds. The molecule has 1 atom stereocenters. The molecule has 1 unspecified atom stereocenters. The predicted molar refractivity (Wildman–Crippen MR) is 74.6 cm³/mol. The average molecular weight is 277 g/mol. The summed E-state index contributed by atoms with van der Waals surface area (Å²) in [5.41, 5.74) is 6.83. The standard InChI is InChI=1S/C16H17F2NO/c1-10(2)20-13-5-3-4-11(8-13)16(19)14-9-12(17)6-7-15(14)18/h3-10,16H,19H2,1-2H3. The molecule has 0 saturated heterocycles. The first-order chi connectivity index (χ1) is 9.47. The summed E-state index contributed by atoms with van der Waals surface area (Å²) in [6.07, 6.45) is 0.0346. The third-order valence-corrected chi connectivity index (χ3v) is 2.88. The van der Waals surface area contributed by atoms with Gasteiger partial charge in [-0.3, -0.25) is 0 Å². The van der Waals surface area contributed by atoms with Crippen LogP contribution in [0.2, 0.25) is 0 Å². The molecule has 106 valence electrons. The van der Waals surface area contributed by atoms with E-state index in [1.165, 1.54) is 0 Å². The molecule has 0 fully saturated rings. The summed E-state index contributed by atoms with van der Waals surface area (Å²) in [5.74, 6) is -0.370. The van der Waals surface area contributed by atoms with Crippen LogP contribution in [0.5, 0.6) is 5.75 Å². The van der Waals surface area contributed by atoms with Crippen LogP contribution in [-0.4, -0.2) is 6.10 Å². The third kappa shape index (κ3) is 3.33. The van der Waals surface area contributed by atoms with Crippen LogP contribution in [-0.2, 0) is 0 Å². The van der Waals surface area contributed by atoms with Crippen molar-refractivity contribution < 1.29 is 13.5 Å². The first-order valence-electron chi connectivity index (χ1n) is 6.44. The van der Waals surface area contributed by atoms with Crippen molar-refractivity contribution in [3.8, 4) is 5.75 Å². The number of ether oxygens (including phenoxy) is 1. The first kappa shape index (κ1) is 14.5. The van der Waals surface area contributed by atoms with Crippen molar-refractivity contribution in [1.82, 2.24) is 0 Å². The fourth-order valence-corrected chi connectivity index (χ4v) is 1.99. The van der Waals surface area contributed by atoms with Crippen molar-refractivity contribution >= 4 is 0 Å². The normalized spacial score (nSPS) is 12.5. The van der Waals surface area contributed by atoms with E-state index in [0.29, 0.717) is 11.3 Å². The molecule has 0 bridgehead atoms. The molecule has 0 spiro atoms. The molecule has 0 aliphatic carbocycles. The van der Waals surface area contributed by atoms with Gasteiger partial charge >= 0.3 is 0 Å². The second-order valence-corrected chi connectivity index (χ2v) is 4.88. The Hall–Kier alpha value is -1.94. The molecule has 0 aliphatic rings. The van der Waals surface area contributed by atoms with Crippen molar-refractivity contribution in [2.24, 2.45) is 5.73 Å². The maximum Gasteiger partial charge on any atom is 0.128 e. The van der Waals surface area contributed by atoms with Crippen LogP contribution in [0.4, 0.5) is 8.78 Å². The molecule has 2 nitrogen and oxygen atoms in total. The molecule has 0 heterocycles. The van der Waals surface area contributed by atoms with Crippen LogP contribution < -0.4 is 10.5 Å². The summed E-state index contributed by atoms with van der Waals surface area (Å²) in [5, 5.41) is 0. The minimum atomic E-state index is -0.735. The minimum absolute atomic E-state index is 0.0346. The number of nitrogens with two attached hydrogens (primary N) is 1. The van der Waals surface area contributed by atoms with Gasteiger partial charge in [0.2, 0.25) is 0 Å². The molecule has 0 aromatic heterocycles. The maximum absolute atomic E-state index is 13.7. The smallest absolute Gasteiger partial charge is 0.128 e. The topological polar surface area (TPSA) is 35.2 Å². The van der Waals surface area contributed by atoms with Crippen LogP contribution in [0.25, 0.3) is 0 Å². The van der Waals surface area contributed by atoms with Crippen molar-refractivity contribution in [3.63, 3.8) is 0 Å². The highest BCUT2D eigenvalue weighted by atomic mass is 19.1. The Labute approximate surface area is 117 Å². The summed E-state index contributed by atoms with van der Waals surface area (Å²) in [4.78, 5) is 0. The Balaban J connectivity index is 2.33. The fourth-order valence-electron chi connectivity index (χ4n) is 1.99. The van der Waals surface area contributed by atoms with Gasteiger partial charge in [-0.25, -0.2) is 8.78 Å². The van der Waals surface area contributed by atoms with Gasteiger partial charge in [0.25, 0.3) is 0 Å². The number of hydrogen-bond donors (Lipinski definition) is 1. The van der Waals surface area contributed by atoms with Gasteiger partial charge in [0, 0.05) is 5.56 Å². The molecule has 0 aliphatic heterocycles. The van der Waals surface area contributed by atoms with Gasteiger partial charge in [-0.2, -0.15) is 0 Å². The second-order valence-electron chi connectivity index (χ2n) is 4.88. The van der Waals surface area contributed by atoms with Crippen LogP contribution >= 0.6 is 0 Å². The molecule has 2 aromatic carbocycles. The largest absolute Gasteiger partial charge is 0.491 e. The zero-order valence-corrected chi connectivity index (χ0v) is 11.4. The lowest BCUT2D eigenvalue weighted by Gasteiger charge is -2.16. The van der Waals surface area contributed by atoms with Crippen molar-refractivity contribution in [2.75, 3.05) is 0 Å². The monoisotopic (exact) mass is 277 g/mol. The highest BCUT2D eigenvalue weighted by Crippen LogP contribution is 2.26. The van der Waals surface area contributed by atoms with E-state index in [1.807, 2.05) is 13.8 Å². The number of benzene rings is 2. The number of halogens is 2. The Morgan fingerprint density at radius 1 is 1.05 bits per heavy atom. The summed E-state index contributed by atoms with van der Waals surface area (Å²) in [6.45, 7) is 3.83. The van der Waals surface area contributed by atoms with E-state index in [4.69, 9.17) is 10.5 Å². The Kier molecular flexibility index (Phi) is 4.35. The van der Waals surface area contributed by atoms with E-state index in [9.17, 15) is 8.78 Å². The molecule has 2 aromatic rings. The lowest BCUT2D eigenvalue weighted by molar-refractivity contribution is 0.242. The van der Waals surface area contributed by atoms with Gasteiger partial charge in [-0.05, 0) is 49.7 Å². The van der Waals surface area contributed by atoms with Gasteiger partial charge in [0.1, 0.15) is 17.4 Å². The van der Waals surface area contributed by atoms with Crippen LogP contribution in [0.3, 0.4) is 0 Å². The molecule has 4 heteroatoms. The van der Waals surface area contributed by atoms with Gasteiger partial charge in [0.15, 0.2) is 0 Å². The van der Waals surface area contributed by atoms with E-state index >= 15 is 0 Å². The van der Waals surface area contributed by atoms with Gasteiger partial charge < -0.3 is 10.5 Å². The Morgan fingerprint density at radius 3 is 2.50 bits per heavy atom. The fraction of sp³-hybridized carbons (Fsp3) is 0.250. The molecule has 0 saturated carbocycles. The third-order valence-electron chi connectivity index (χ3n) is 2.88. The molecule has 2 N–H and O–H groups in total. The van der Waals surface area contributed by atoms with Gasteiger partial charge in [0.05, 0.1) is 12.1 Å². The van der Waals surface area contributed by atoms with Crippen LogP contribution in [0, 0.1) is 11.6 Å². The van der Waals surface area contributed by atoms with Gasteiger partial charge in [-0.15, -0.1) is 0 Å². The second kappa shape index (κ2) is 6.01. The zero-order chi connectivity index (χ0) is 14.7. The van der Waals surface area contributed by atoms with E-state index in [1.54, 1.807) is 24.3 Å². The SMILES string of the molecule is CC(C)Oc1cccc(C(N)c2cc(F)ccc2F)c1. The average Bonchev–Trinajstić information content (AvgIpc) is 2.40. The quantitative estimate of drug-likeness (QED) is 0.922. The molecule has 0 radical (unpaired) electrons. The van der Waals surface area contributed by atoms with Crippen LogP contribution in [0.1, 0.15) is 31.0 Å². The molecule has 20 heavy (non-hydrogen) atoms. The van der Waals surface area contributed by atoms with Crippen molar-refractivity contribution in [1.29, 1.82) is 0 Å². The molecular weight excluding hydrogens is 260 g/mol. The summed E-state index contributed by atoms with van der Waals surface area (Å²) >= 11 is 0. The summed E-state index contributed by atoms with van der Waals surface area (Å²) < 4.78 is 32.5.